The van der Waals surface area contributed by atoms with Gasteiger partial charge in [-0.05, 0) is 36.8 Å². The molecule has 3 rings (SSSR count). The van der Waals surface area contributed by atoms with E-state index in [-0.39, 0.29) is 11.1 Å². The first-order valence-corrected chi connectivity index (χ1v) is 7.36. The highest BCUT2D eigenvalue weighted by atomic mass is 32.1. The molecule has 0 atom stereocenters. The third kappa shape index (κ3) is 3.16. The van der Waals surface area contributed by atoms with E-state index in [0.717, 1.165) is 5.56 Å². The molecule has 3 aromatic rings. The van der Waals surface area contributed by atoms with Gasteiger partial charge in [0.2, 0.25) is 0 Å². The van der Waals surface area contributed by atoms with E-state index in [4.69, 9.17) is 0 Å². The van der Waals surface area contributed by atoms with E-state index < -0.39 is 17.1 Å². The number of aryl methyl sites for hydroxylation is 1. The van der Waals surface area contributed by atoms with Crippen LogP contribution in [0.1, 0.15) is 20.9 Å². The van der Waals surface area contributed by atoms with Gasteiger partial charge < -0.3 is 5.32 Å². The minimum Gasteiger partial charge on any atom is -0.322 e. The maximum Gasteiger partial charge on any atom is 0.443 e. The fourth-order valence-electron chi connectivity index (χ4n) is 2.00. The van der Waals surface area contributed by atoms with Crippen molar-refractivity contribution in [1.29, 1.82) is 0 Å². The summed E-state index contributed by atoms with van der Waals surface area (Å²) in [5, 5.41) is 1.79. The zero-order valence-electron chi connectivity index (χ0n) is 11.8. The monoisotopic (exact) mass is 337 g/mol. The Labute approximate surface area is 133 Å². The maximum absolute atomic E-state index is 12.7. The molecule has 1 amide bonds. The molecular formula is C15H10F3N3OS. The molecular weight excluding hydrogens is 327 g/mol. The number of thiazole rings is 1. The Bertz CT molecular complexity index is 889. The molecule has 0 fully saturated rings. The molecule has 1 aromatic carbocycles. The minimum atomic E-state index is -4.49. The van der Waals surface area contributed by atoms with E-state index in [0.29, 0.717) is 21.7 Å². The molecule has 0 aliphatic carbocycles. The number of alkyl halides is 3. The van der Waals surface area contributed by atoms with Crippen molar-refractivity contribution in [3.8, 4) is 0 Å². The molecule has 2 heterocycles. The lowest BCUT2D eigenvalue weighted by Crippen LogP contribution is -2.12. The van der Waals surface area contributed by atoms with Gasteiger partial charge in [0.15, 0.2) is 5.01 Å². The van der Waals surface area contributed by atoms with Crippen LogP contribution >= 0.6 is 11.3 Å². The van der Waals surface area contributed by atoms with Crippen molar-refractivity contribution in [2.24, 2.45) is 0 Å². The number of carbonyl (C=O) groups is 1. The molecule has 0 aliphatic heterocycles. The average molecular weight is 337 g/mol. The summed E-state index contributed by atoms with van der Waals surface area (Å²) < 4.78 is 38.4. The molecule has 0 saturated heterocycles. The van der Waals surface area contributed by atoms with Crippen LogP contribution in [0.25, 0.3) is 10.2 Å². The van der Waals surface area contributed by atoms with Gasteiger partial charge in [-0.2, -0.15) is 13.2 Å². The van der Waals surface area contributed by atoms with Crippen LogP contribution in [0.3, 0.4) is 0 Å². The summed E-state index contributed by atoms with van der Waals surface area (Å²) in [5.41, 5.74) is 1.88. The number of rotatable bonds is 2. The minimum absolute atomic E-state index is 0.221. The van der Waals surface area contributed by atoms with Gasteiger partial charge in [0.25, 0.3) is 5.91 Å². The fourth-order valence-corrected chi connectivity index (χ4v) is 2.87. The van der Waals surface area contributed by atoms with Crippen molar-refractivity contribution in [1.82, 2.24) is 9.97 Å². The Morgan fingerprint density at radius 1 is 1.26 bits per heavy atom. The molecule has 1 N–H and O–H groups in total. The van der Waals surface area contributed by atoms with Gasteiger partial charge in [-0.25, -0.2) is 4.98 Å². The molecule has 118 valence electrons. The molecule has 23 heavy (non-hydrogen) atoms. The van der Waals surface area contributed by atoms with Crippen molar-refractivity contribution in [3.63, 3.8) is 0 Å². The number of halogens is 3. The number of benzene rings is 1. The van der Waals surface area contributed by atoms with Gasteiger partial charge in [0.1, 0.15) is 0 Å². The molecule has 0 unspecified atom stereocenters. The second kappa shape index (κ2) is 5.62. The summed E-state index contributed by atoms with van der Waals surface area (Å²) in [6.07, 6.45) is -1.33. The van der Waals surface area contributed by atoms with Crippen LogP contribution in [0, 0.1) is 6.92 Å². The molecule has 0 radical (unpaired) electrons. The van der Waals surface area contributed by atoms with Crippen molar-refractivity contribution < 1.29 is 18.0 Å². The van der Waals surface area contributed by atoms with E-state index in [9.17, 15) is 18.0 Å². The smallest absolute Gasteiger partial charge is 0.322 e. The van der Waals surface area contributed by atoms with Crippen LogP contribution in [-0.4, -0.2) is 15.9 Å². The normalized spacial score (nSPS) is 11.7. The summed E-state index contributed by atoms with van der Waals surface area (Å²) in [5.74, 6) is -0.400. The summed E-state index contributed by atoms with van der Waals surface area (Å²) in [6.45, 7) is 1.80. The van der Waals surface area contributed by atoms with Gasteiger partial charge in [-0.3, -0.25) is 9.78 Å². The first-order chi connectivity index (χ1) is 10.8. The third-order valence-corrected chi connectivity index (χ3v) is 4.22. The van der Waals surface area contributed by atoms with Crippen molar-refractivity contribution in [2.45, 2.75) is 13.1 Å². The Morgan fingerprint density at radius 2 is 2.04 bits per heavy atom. The lowest BCUT2D eigenvalue weighted by Gasteiger charge is -2.07. The molecule has 0 bridgehead atoms. The van der Waals surface area contributed by atoms with Crippen LogP contribution in [0.5, 0.6) is 0 Å². The number of pyridine rings is 1. The summed E-state index contributed by atoms with van der Waals surface area (Å²) in [7, 11) is 0. The highest BCUT2D eigenvalue weighted by molar-refractivity contribution is 7.18. The van der Waals surface area contributed by atoms with E-state index in [1.165, 1.54) is 18.2 Å². The van der Waals surface area contributed by atoms with Crippen LogP contribution in [0.2, 0.25) is 0 Å². The quantitative estimate of drug-likeness (QED) is 0.760. The van der Waals surface area contributed by atoms with Crippen LogP contribution < -0.4 is 5.32 Å². The first-order valence-electron chi connectivity index (χ1n) is 6.54. The summed E-state index contributed by atoms with van der Waals surface area (Å²) in [4.78, 5) is 19.7. The Balaban J connectivity index is 1.91. The highest BCUT2D eigenvalue weighted by Crippen LogP contribution is 2.35. The predicted octanol–water partition coefficient (Wildman–Crippen LogP) is 4.27. The molecule has 0 aliphatic rings. The number of hydrogen-bond donors (Lipinski definition) is 1. The number of fused-ring (bicyclic) bond motifs is 1. The van der Waals surface area contributed by atoms with E-state index >= 15 is 0 Å². The molecule has 2 aromatic heterocycles. The first kappa shape index (κ1) is 15.4. The van der Waals surface area contributed by atoms with Crippen molar-refractivity contribution in [3.05, 3.63) is 52.8 Å². The third-order valence-electron chi connectivity index (χ3n) is 3.16. The maximum atomic E-state index is 12.7. The van der Waals surface area contributed by atoms with Crippen LogP contribution in [-0.2, 0) is 6.18 Å². The number of hydrogen-bond acceptors (Lipinski definition) is 4. The Morgan fingerprint density at radius 3 is 2.74 bits per heavy atom. The van der Waals surface area contributed by atoms with Crippen molar-refractivity contribution >= 4 is 33.1 Å². The highest BCUT2D eigenvalue weighted by Gasteiger charge is 2.34. The number of nitrogens with zero attached hydrogens (tertiary/aromatic N) is 2. The van der Waals surface area contributed by atoms with E-state index in [2.05, 4.69) is 15.3 Å². The van der Waals surface area contributed by atoms with Crippen molar-refractivity contribution in [2.75, 3.05) is 5.32 Å². The van der Waals surface area contributed by atoms with Crippen LogP contribution in [0.4, 0.5) is 18.9 Å². The Hall–Kier alpha value is -2.48. The number of anilines is 1. The van der Waals surface area contributed by atoms with E-state index in [1.54, 1.807) is 25.4 Å². The fraction of sp³-hybridized carbons (Fsp3) is 0.133. The molecule has 0 spiro atoms. The van der Waals surface area contributed by atoms with Gasteiger partial charge >= 0.3 is 6.18 Å². The average Bonchev–Trinajstić information content (AvgIpc) is 2.92. The topological polar surface area (TPSA) is 54.9 Å². The van der Waals surface area contributed by atoms with Crippen LogP contribution in [0.15, 0.2) is 36.7 Å². The number of amides is 1. The summed E-state index contributed by atoms with van der Waals surface area (Å²) >= 11 is 0.519. The zero-order chi connectivity index (χ0) is 16.6. The standard InChI is InChI=1S/C15H10F3N3OS/c1-8-7-19-5-4-10(8)20-13(22)9-2-3-11-12(6-9)23-14(21-11)15(16,17)18/h2-7H,1H3,(H,19,20,22). The predicted molar refractivity (Wildman–Crippen MR) is 81.5 cm³/mol. The molecule has 4 nitrogen and oxygen atoms in total. The van der Waals surface area contributed by atoms with E-state index in [1.807, 2.05) is 0 Å². The SMILES string of the molecule is Cc1cnccc1NC(=O)c1ccc2nc(C(F)(F)F)sc2c1. The lowest BCUT2D eigenvalue weighted by atomic mass is 10.2. The van der Waals surface area contributed by atoms with Gasteiger partial charge in [-0.1, -0.05) is 0 Å². The molecule has 0 saturated carbocycles. The second-order valence-corrected chi connectivity index (χ2v) is 5.87. The number of carbonyl (C=O) groups excluding carboxylic acids is 1. The van der Waals surface area contributed by atoms with Gasteiger partial charge in [-0.15, -0.1) is 11.3 Å². The largest absolute Gasteiger partial charge is 0.443 e. The zero-order valence-corrected chi connectivity index (χ0v) is 12.6. The number of aromatic nitrogens is 2. The summed E-state index contributed by atoms with van der Waals surface area (Å²) in [6, 6.07) is 5.93. The lowest BCUT2D eigenvalue weighted by molar-refractivity contribution is -0.137. The number of nitrogens with one attached hydrogen (secondary N) is 1. The molecule has 8 heteroatoms. The van der Waals surface area contributed by atoms with Gasteiger partial charge in [0.05, 0.1) is 10.2 Å². The van der Waals surface area contributed by atoms with Gasteiger partial charge in [0, 0.05) is 23.6 Å². The Kier molecular flexibility index (Phi) is 3.77. The second-order valence-electron chi connectivity index (χ2n) is 4.84.